The molecule has 0 fully saturated rings. The van der Waals surface area contributed by atoms with E-state index in [1.165, 1.54) is 33.4 Å². The average molecular weight is 297 g/mol. The molecule has 0 spiro atoms. The summed E-state index contributed by atoms with van der Waals surface area (Å²) in [4.78, 5) is 0. The Bertz CT molecular complexity index is 876. The van der Waals surface area contributed by atoms with E-state index in [1.54, 1.807) is 0 Å². The summed E-state index contributed by atoms with van der Waals surface area (Å²) in [6, 6.07) is 23.4. The van der Waals surface area contributed by atoms with Gasteiger partial charge in [-0.2, -0.15) is 0 Å². The summed E-state index contributed by atoms with van der Waals surface area (Å²) in [6.45, 7) is 0. The smallest absolute Gasteiger partial charge is 0.0326 e. The molecule has 4 rings (SSSR count). The van der Waals surface area contributed by atoms with Crippen LogP contribution in [0.25, 0.3) is 28.3 Å². The molecule has 23 heavy (non-hydrogen) atoms. The first-order valence-corrected chi connectivity index (χ1v) is 8.05. The zero-order chi connectivity index (χ0) is 15.6. The van der Waals surface area contributed by atoms with Crippen LogP contribution in [0.3, 0.4) is 0 Å². The van der Waals surface area contributed by atoms with Gasteiger partial charge in [-0.3, -0.25) is 0 Å². The van der Waals surface area contributed by atoms with Crippen molar-refractivity contribution in [3.05, 3.63) is 83.9 Å². The van der Waals surface area contributed by atoms with Crippen LogP contribution in [0.1, 0.15) is 17.5 Å². The topological polar surface area (TPSA) is 26.0 Å². The van der Waals surface area contributed by atoms with Crippen LogP contribution in [0.15, 0.2) is 72.8 Å². The molecule has 0 unspecified atom stereocenters. The normalized spacial score (nSPS) is 12.9. The molecule has 2 N–H and O–H groups in total. The van der Waals surface area contributed by atoms with E-state index in [1.807, 2.05) is 12.1 Å². The summed E-state index contributed by atoms with van der Waals surface area (Å²) in [5, 5.41) is 0. The lowest BCUT2D eigenvalue weighted by molar-refractivity contribution is 0.986. The van der Waals surface area contributed by atoms with Crippen molar-refractivity contribution in [3.8, 4) is 22.3 Å². The molecule has 1 heteroatoms. The number of fused-ring (bicyclic) bond motifs is 1. The third kappa shape index (κ3) is 2.78. The zero-order valence-electron chi connectivity index (χ0n) is 13.0. The SMILES string of the molecule is Nc1cc(-c2ccccc2)cc(-c2ccc3c(c2)CCC=C3)c1. The highest BCUT2D eigenvalue weighted by molar-refractivity contribution is 5.78. The van der Waals surface area contributed by atoms with Gasteiger partial charge in [-0.1, -0.05) is 60.7 Å². The fourth-order valence-corrected chi connectivity index (χ4v) is 3.23. The lowest BCUT2D eigenvalue weighted by atomic mass is 9.92. The third-order valence-corrected chi connectivity index (χ3v) is 4.42. The molecule has 0 aliphatic heterocycles. The van der Waals surface area contributed by atoms with Crippen molar-refractivity contribution in [3.63, 3.8) is 0 Å². The molecule has 1 aliphatic rings. The molecule has 1 nitrogen and oxygen atoms in total. The molecule has 0 radical (unpaired) electrons. The second kappa shape index (κ2) is 5.77. The van der Waals surface area contributed by atoms with E-state index in [0.29, 0.717) is 0 Å². The lowest BCUT2D eigenvalue weighted by Gasteiger charge is -2.13. The van der Waals surface area contributed by atoms with Crippen molar-refractivity contribution >= 4 is 11.8 Å². The number of hydrogen-bond donors (Lipinski definition) is 1. The number of aryl methyl sites for hydroxylation is 1. The molecule has 0 saturated heterocycles. The summed E-state index contributed by atoms with van der Waals surface area (Å²) in [6.07, 6.45) is 6.71. The average Bonchev–Trinajstić information content (AvgIpc) is 2.61. The minimum absolute atomic E-state index is 0.805. The van der Waals surface area contributed by atoms with Gasteiger partial charge in [0.05, 0.1) is 0 Å². The van der Waals surface area contributed by atoms with Gasteiger partial charge >= 0.3 is 0 Å². The highest BCUT2D eigenvalue weighted by Gasteiger charge is 2.08. The Morgan fingerprint density at radius 3 is 2.30 bits per heavy atom. The van der Waals surface area contributed by atoms with Gasteiger partial charge < -0.3 is 5.73 Å². The maximum absolute atomic E-state index is 6.16. The quantitative estimate of drug-likeness (QED) is 0.615. The van der Waals surface area contributed by atoms with E-state index < -0.39 is 0 Å². The summed E-state index contributed by atoms with van der Waals surface area (Å²) in [7, 11) is 0. The fraction of sp³-hybridized carbons (Fsp3) is 0.0909. The Labute approximate surface area is 137 Å². The number of nitrogens with two attached hydrogens (primary N) is 1. The van der Waals surface area contributed by atoms with Gasteiger partial charge in [0.1, 0.15) is 0 Å². The number of nitrogen functional groups attached to an aromatic ring is 1. The van der Waals surface area contributed by atoms with Gasteiger partial charge in [-0.15, -0.1) is 0 Å². The van der Waals surface area contributed by atoms with Crippen LogP contribution in [-0.4, -0.2) is 0 Å². The van der Waals surface area contributed by atoms with E-state index in [4.69, 9.17) is 5.73 Å². The first kappa shape index (κ1) is 13.8. The maximum Gasteiger partial charge on any atom is 0.0326 e. The van der Waals surface area contributed by atoms with E-state index in [9.17, 15) is 0 Å². The van der Waals surface area contributed by atoms with Gasteiger partial charge in [0.2, 0.25) is 0 Å². The van der Waals surface area contributed by atoms with Crippen LogP contribution in [0.2, 0.25) is 0 Å². The maximum atomic E-state index is 6.16. The van der Waals surface area contributed by atoms with Crippen molar-refractivity contribution in [2.75, 3.05) is 5.73 Å². The highest BCUT2D eigenvalue weighted by atomic mass is 14.5. The molecular weight excluding hydrogens is 278 g/mol. The van der Waals surface area contributed by atoms with E-state index in [0.717, 1.165) is 18.5 Å². The molecule has 3 aromatic rings. The first-order valence-electron chi connectivity index (χ1n) is 8.05. The van der Waals surface area contributed by atoms with Crippen LogP contribution in [0.5, 0.6) is 0 Å². The zero-order valence-corrected chi connectivity index (χ0v) is 13.0. The minimum atomic E-state index is 0.805. The molecule has 0 amide bonds. The van der Waals surface area contributed by atoms with Crippen molar-refractivity contribution in [1.82, 2.24) is 0 Å². The van der Waals surface area contributed by atoms with Crippen molar-refractivity contribution < 1.29 is 0 Å². The van der Waals surface area contributed by atoms with Gasteiger partial charge in [-0.25, -0.2) is 0 Å². The van der Waals surface area contributed by atoms with E-state index in [2.05, 4.69) is 66.7 Å². The largest absolute Gasteiger partial charge is 0.399 e. The molecular formula is C22H19N. The number of anilines is 1. The molecule has 0 saturated carbocycles. The predicted octanol–water partition coefficient (Wildman–Crippen LogP) is 5.56. The Morgan fingerprint density at radius 1 is 0.696 bits per heavy atom. The molecule has 0 atom stereocenters. The summed E-state index contributed by atoms with van der Waals surface area (Å²) in [5.41, 5.74) is 14.5. The number of benzene rings is 3. The van der Waals surface area contributed by atoms with Gasteiger partial charge in [-0.05, 0) is 64.4 Å². The second-order valence-electron chi connectivity index (χ2n) is 6.06. The molecule has 1 aliphatic carbocycles. The third-order valence-electron chi connectivity index (χ3n) is 4.42. The summed E-state index contributed by atoms with van der Waals surface area (Å²) >= 11 is 0. The standard InChI is InChI=1S/C22H19N/c23-22-14-20(16-6-2-1-3-7-16)13-21(15-22)19-11-10-17-8-4-5-9-18(17)12-19/h1-4,6-8,10-15H,5,9,23H2. The van der Waals surface area contributed by atoms with Gasteiger partial charge in [0, 0.05) is 5.69 Å². The Balaban J connectivity index is 1.80. The highest BCUT2D eigenvalue weighted by Crippen LogP contribution is 2.31. The minimum Gasteiger partial charge on any atom is -0.399 e. The summed E-state index contributed by atoms with van der Waals surface area (Å²) < 4.78 is 0. The molecule has 3 aromatic carbocycles. The molecule has 0 heterocycles. The van der Waals surface area contributed by atoms with Crippen molar-refractivity contribution in [2.24, 2.45) is 0 Å². The molecule has 0 aromatic heterocycles. The van der Waals surface area contributed by atoms with Crippen LogP contribution in [0, 0.1) is 0 Å². The second-order valence-corrected chi connectivity index (χ2v) is 6.06. The van der Waals surface area contributed by atoms with E-state index in [-0.39, 0.29) is 0 Å². The Hall–Kier alpha value is -2.80. The van der Waals surface area contributed by atoms with Crippen LogP contribution >= 0.6 is 0 Å². The fourth-order valence-electron chi connectivity index (χ4n) is 3.23. The van der Waals surface area contributed by atoms with Crippen LogP contribution < -0.4 is 5.73 Å². The molecule has 112 valence electrons. The van der Waals surface area contributed by atoms with E-state index >= 15 is 0 Å². The lowest BCUT2D eigenvalue weighted by Crippen LogP contribution is -1.95. The van der Waals surface area contributed by atoms with Crippen molar-refractivity contribution in [1.29, 1.82) is 0 Å². The monoisotopic (exact) mass is 297 g/mol. The number of allylic oxidation sites excluding steroid dienone is 1. The first-order chi connectivity index (χ1) is 11.3. The Kier molecular flexibility index (Phi) is 3.47. The van der Waals surface area contributed by atoms with Crippen LogP contribution in [-0.2, 0) is 6.42 Å². The van der Waals surface area contributed by atoms with Crippen LogP contribution in [0.4, 0.5) is 5.69 Å². The van der Waals surface area contributed by atoms with Gasteiger partial charge in [0.25, 0.3) is 0 Å². The Morgan fingerprint density at radius 2 is 1.48 bits per heavy atom. The van der Waals surface area contributed by atoms with Gasteiger partial charge in [0.15, 0.2) is 0 Å². The number of hydrogen-bond acceptors (Lipinski definition) is 1. The van der Waals surface area contributed by atoms with Crippen molar-refractivity contribution in [2.45, 2.75) is 12.8 Å². The summed E-state index contributed by atoms with van der Waals surface area (Å²) in [5.74, 6) is 0. The number of rotatable bonds is 2. The molecule has 0 bridgehead atoms. The predicted molar refractivity (Wildman–Crippen MR) is 99.1 cm³/mol.